The average molecular weight is 307 g/mol. The molecule has 2 aromatic heterocycles. The molecule has 110 valence electrons. The number of hydrogen-bond donors (Lipinski definition) is 1. The molecule has 0 aliphatic heterocycles. The fraction of sp³-hybridized carbons (Fsp3) is 0.500. The van der Waals surface area contributed by atoms with E-state index in [2.05, 4.69) is 10.2 Å². The van der Waals surface area contributed by atoms with Crippen LogP contribution in [0.4, 0.5) is 13.2 Å². The Labute approximate surface area is 118 Å². The van der Waals surface area contributed by atoms with Gasteiger partial charge in [0.25, 0.3) is 0 Å². The lowest BCUT2D eigenvalue weighted by Crippen LogP contribution is -2.28. The first-order valence-corrected chi connectivity index (χ1v) is 6.26. The maximum atomic E-state index is 12.8. The molecule has 0 radical (unpaired) electrons. The number of pyridine rings is 1. The van der Waals surface area contributed by atoms with Crippen LogP contribution in [0.1, 0.15) is 38.2 Å². The Morgan fingerprint density at radius 2 is 1.85 bits per heavy atom. The van der Waals surface area contributed by atoms with Gasteiger partial charge in [0.1, 0.15) is 0 Å². The van der Waals surface area contributed by atoms with Gasteiger partial charge in [0, 0.05) is 6.20 Å². The van der Waals surface area contributed by atoms with Gasteiger partial charge in [-0.15, -0.1) is 10.2 Å². The molecule has 1 atom stereocenters. The molecule has 0 aromatic carbocycles. The van der Waals surface area contributed by atoms with Crippen LogP contribution in [-0.4, -0.2) is 14.6 Å². The van der Waals surface area contributed by atoms with E-state index in [0.717, 1.165) is 12.3 Å². The molecule has 4 nitrogen and oxygen atoms in total. The summed E-state index contributed by atoms with van der Waals surface area (Å²) in [4.78, 5) is 0. The Morgan fingerprint density at radius 3 is 2.35 bits per heavy atom. The number of rotatable bonds is 1. The largest absolute Gasteiger partial charge is 0.417 e. The SMILES string of the molecule is CC(C)(C)C(N)c1nnc2c(Cl)cc(C(F)(F)F)cn12. The Balaban J connectivity index is 2.68. The maximum Gasteiger partial charge on any atom is 0.417 e. The topological polar surface area (TPSA) is 56.2 Å². The molecule has 2 N–H and O–H groups in total. The van der Waals surface area contributed by atoms with E-state index in [-0.39, 0.29) is 21.9 Å². The Morgan fingerprint density at radius 1 is 1.25 bits per heavy atom. The molecule has 0 saturated carbocycles. The van der Waals surface area contributed by atoms with Crippen LogP contribution in [0, 0.1) is 5.41 Å². The molecule has 1 unspecified atom stereocenters. The Hall–Kier alpha value is -1.34. The second-order valence-electron chi connectivity index (χ2n) is 5.67. The van der Waals surface area contributed by atoms with Crippen LogP contribution in [0.5, 0.6) is 0 Å². The Bertz CT molecular complexity index is 642. The third-order valence-electron chi connectivity index (χ3n) is 3.02. The summed E-state index contributed by atoms with van der Waals surface area (Å²) >= 11 is 5.84. The molecule has 0 saturated heterocycles. The standard InChI is InChI=1S/C12H14ClF3N4/c1-11(2,3)8(17)10-19-18-9-7(13)4-6(5-20(9)10)12(14,15)16/h4-5,8H,17H2,1-3H3. The summed E-state index contributed by atoms with van der Waals surface area (Å²) in [7, 11) is 0. The molecule has 0 amide bonds. The van der Waals surface area contributed by atoms with Crippen molar-refractivity contribution < 1.29 is 13.2 Å². The van der Waals surface area contributed by atoms with Crippen molar-refractivity contribution in [1.29, 1.82) is 0 Å². The molecule has 0 fully saturated rings. The molecular formula is C12H14ClF3N4. The fourth-order valence-corrected chi connectivity index (χ4v) is 1.97. The highest BCUT2D eigenvalue weighted by Crippen LogP contribution is 2.34. The number of nitrogens with zero attached hydrogens (tertiary/aromatic N) is 3. The number of aromatic nitrogens is 3. The first kappa shape index (κ1) is 15.1. The van der Waals surface area contributed by atoms with E-state index in [1.54, 1.807) is 0 Å². The van der Waals surface area contributed by atoms with E-state index >= 15 is 0 Å². The summed E-state index contributed by atoms with van der Waals surface area (Å²) < 4.78 is 39.7. The summed E-state index contributed by atoms with van der Waals surface area (Å²) in [6.45, 7) is 5.61. The smallest absolute Gasteiger partial charge is 0.321 e. The van der Waals surface area contributed by atoms with Crippen molar-refractivity contribution >= 4 is 17.2 Å². The first-order chi connectivity index (χ1) is 9.01. The lowest BCUT2D eigenvalue weighted by Gasteiger charge is -2.25. The number of hydrogen-bond acceptors (Lipinski definition) is 3. The lowest BCUT2D eigenvalue weighted by molar-refractivity contribution is -0.137. The van der Waals surface area contributed by atoms with Crippen molar-refractivity contribution in [2.24, 2.45) is 11.1 Å². The highest BCUT2D eigenvalue weighted by molar-refractivity contribution is 6.33. The predicted octanol–water partition coefficient (Wildman–Crippen LogP) is 3.45. The molecule has 2 aromatic rings. The second kappa shape index (κ2) is 4.60. The molecule has 20 heavy (non-hydrogen) atoms. The van der Waals surface area contributed by atoms with Gasteiger partial charge < -0.3 is 5.73 Å². The van der Waals surface area contributed by atoms with Gasteiger partial charge in [0.15, 0.2) is 11.5 Å². The second-order valence-corrected chi connectivity index (χ2v) is 6.08. The van der Waals surface area contributed by atoms with Crippen LogP contribution >= 0.6 is 11.6 Å². The van der Waals surface area contributed by atoms with Crippen molar-refractivity contribution in [3.8, 4) is 0 Å². The fourth-order valence-electron chi connectivity index (χ4n) is 1.73. The van der Waals surface area contributed by atoms with Crippen LogP contribution in [0.15, 0.2) is 12.3 Å². The van der Waals surface area contributed by atoms with Crippen LogP contribution < -0.4 is 5.73 Å². The first-order valence-electron chi connectivity index (χ1n) is 5.89. The highest BCUT2D eigenvalue weighted by Gasteiger charge is 2.33. The van der Waals surface area contributed by atoms with Crippen molar-refractivity contribution in [2.45, 2.75) is 33.0 Å². The molecular weight excluding hydrogens is 293 g/mol. The summed E-state index contributed by atoms with van der Waals surface area (Å²) in [5, 5.41) is 7.58. The van der Waals surface area contributed by atoms with E-state index in [0.29, 0.717) is 0 Å². The van der Waals surface area contributed by atoms with E-state index in [1.807, 2.05) is 20.8 Å². The molecule has 0 bridgehead atoms. The van der Waals surface area contributed by atoms with Gasteiger partial charge in [0.2, 0.25) is 0 Å². The number of fused-ring (bicyclic) bond motifs is 1. The number of alkyl halides is 3. The Kier molecular flexibility index (Phi) is 3.46. The van der Waals surface area contributed by atoms with Gasteiger partial charge in [-0.1, -0.05) is 32.4 Å². The molecule has 0 spiro atoms. The van der Waals surface area contributed by atoms with Gasteiger partial charge in [-0.2, -0.15) is 13.2 Å². The van der Waals surface area contributed by atoms with Crippen molar-refractivity contribution in [1.82, 2.24) is 14.6 Å². The van der Waals surface area contributed by atoms with Crippen molar-refractivity contribution in [3.63, 3.8) is 0 Å². The van der Waals surface area contributed by atoms with Gasteiger partial charge in [-0.25, -0.2) is 0 Å². The maximum absolute atomic E-state index is 12.8. The summed E-state index contributed by atoms with van der Waals surface area (Å²) in [6, 6.07) is 0.259. The summed E-state index contributed by atoms with van der Waals surface area (Å²) in [5.74, 6) is 0.250. The zero-order valence-electron chi connectivity index (χ0n) is 11.2. The van der Waals surface area contributed by atoms with Crippen LogP contribution in [-0.2, 0) is 6.18 Å². The normalized spacial score (nSPS) is 14.8. The van der Waals surface area contributed by atoms with E-state index in [1.165, 1.54) is 4.40 Å². The molecule has 0 aliphatic rings. The van der Waals surface area contributed by atoms with Gasteiger partial charge in [-0.05, 0) is 11.5 Å². The monoisotopic (exact) mass is 306 g/mol. The van der Waals surface area contributed by atoms with Crippen molar-refractivity contribution in [2.75, 3.05) is 0 Å². The molecule has 0 aliphatic carbocycles. The number of halogens is 4. The summed E-state index contributed by atoms with van der Waals surface area (Å²) in [6.07, 6.45) is -3.58. The molecule has 2 rings (SSSR count). The minimum Gasteiger partial charge on any atom is -0.321 e. The molecule has 2 heterocycles. The van der Waals surface area contributed by atoms with E-state index in [4.69, 9.17) is 17.3 Å². The average Bonchev–Trinajstić information content (AvgIpc) is 2.69. The van der Waals surface area contributed by atoms with Crippen LogP contribution in [0.25, 0.3) is 5.65 Å². The van der Waals surface area contributed by atoms with Gasteiger partial charge in [0.05, 0.1) is 16.6 Å². The number of nitrogens with two attached hydrogens (primary N) is 1. The predicted molar refractivity (Wildman–Crippen MR) is 69.4 cm³/mol. The van der Waals surface area contributed by atoms with E-state index < -0.39 is 17.8 Å². The third kappa shape index (κ3) is 2.60. The third-order valence-corrected chi connectivity index (χ3v) is 3.30. The zero-order valence-corrected chi connectivity index (χ0v) is 11.9. The van der Waals surface area contributed by atoms with E-state index in [9.17, 15) is 13.2 Å². The van der Waals surface area contributed by atoms with Crippen LogP contribution in [0.3, 0.4) is 0 Å². The highest BCUT2D eigenvalue weighted by atomic mass is 35.5. The van der Waals surface area contributed by atoms with Crippen LogP contribution in [0.2, 0.25) is 5.02 Å². The quantitative estimate of drug-likeness (QED) is 0.878. The minimum absolute atomic E-state index is 0.111. The van der Waals surface area contributed by atoms with Gasteiger partial charge in [-0.3, -0.25) is 4.40 Å². The molecule has 8 heteroatoms. The summed E-state index contributed by atoms with van der Waals surface area (Å²) in [5.41, 5.74) is 4.97. The van der Waals surface area contributed by atoms with Crippen molar-refractivity contribution in [3.05, 3.63) is 28.7 Å². The lowest BCUT2D eigenvalue weighted by atomic mass is 9.87. The minimum atomic E-state index is -4.49. The van der Waals surface area contributed by atoms with Gasteiger partial charge >= 0.3 is 6.18 Å². The zero-order chi connectivity index (χ0) is 15.3.